The summed E-state index contributed by atoms with van der Waals surface area (Å²) < 4.78 is 41.5. The van der Waals surface area contributed by atoms with Crippen molar-refractivity contribution in [1.82, 2.24) is 9.55 Å². The zero-order valence-electron chi connectivity index (χ0n) is 17.3. The Morgan fingerprint density at radius 3 is 2.81 bits per heavy atom. The van der Waals surface area contributed by atoms with Gasteiger partial charge in [-0.1, -0.05) is 0 Å². The van der Waals surface area contributed by atoms with Crippen molar-refractivity contribution in [2.45, 2.75) is 57.1 Å². The first-order valence-corrected chi connectivity index (χ1v) is 11.6. The highest BCUT2D eigenvalue weighted by Gasteiger charge is 2.59. The van der Waals surface area contributed by atoms with Crippen molar-refractivity contribution in [2.24, 2.45) is 11.1 Å². The summed E-state index contributed by atoms with van der Waals surface area (Å²) in [6.07, 6.45) is 0.417. The van der Waals surface area contributed by atoms with Crippen LogP contribution in [0.2, 0.25) is 0 Å². The van der Waals surface area contributed by atoms with Gasteiger partial charge in [-0.25, -0.2) is 9.36 Å². The standard InChI is InChI=1S/C18H26N3O9P/c1-3-26-15(23)18(5-6-18)7-9-27-31(25)28-10-11-13(30-31)17(2,19)14(29-11)21-8-4-12(22)20-16(21)24/h4,8,11,13-14H,3,5-7,9-10,19H2,1-2H3,(H,20,22,24)/t11-,13-,14-,17-,31-/m1/s1. The number of nitrogens with zero attached hydrogens (tertiary/aromatic N) is 1. The number of aromatic amines is 1. The minimum absolute atomic E-state index is 0.0154. The van der Waals surface area contributed by atoms with Crippen molar-refractivity contribution in [3.8, 4) is 0 Å². The van der Waals surface area contributed by atoms with Gasteiger partial charge in [-0.15, -0.1) is 0 Å². The maximum Gasteiger partial charge on any atom is 0.475 e. The van der Waals surface area contributed by atoms with Crippen LogP contribution in [-0.4, -0.2) is 53.1 Å². The maximum atomic E-state index is 13.0. The summed E-state index contributed by atoms with van der Waals surface area (Å²) in [5.74, 6) is -0.282. The Kier molecular flexibility index (Phi) is 5.74. The number of aromatic nitrogens is 2. The van der Waals surface area contributed by atoms with E-state index in [2.05, 4.69) is 4.98 Å². The van der Waals surface area contributed by atoms with E-state index in [9.17, 15) is 18.9 Å². The molecular weight excluding hydrogens is 433 g/mol. The summed E-state index contributed by atoms with van der Waals surface area (Å²) in [6.45, 7) is 3.49. The third-order valence-electron chi connectivity index (χ3n) is 5.92. The average Bonchev–Trinajstić information content (AvgIpc) is 3.44. The van der Waals surface area contributed by atoms with Crippen LogP contribution in [0.5, 0.6) is 0 Å². The lowest BCUT2D eigenvalue weighted by atomic mass is 9.93. The highest BCUT2D eigenvalue weighted by Crippen LogP contribution is 2.59. The van der Waals surface area contributed by atoms with Crippen molar-refractivity contribution < 1.29 is 32.4 Å². The number of phosphoric ester groups is 1. The molecule has 3 fully saturated rings. The molecule has 12 nitrogen and oxygen atoms in total. The van der Waals surface area contributed by atoms with Gasteiger partial charge >= 0.3 is 19.5 Å². The lowest BCUT2D eigenvalue weighted by molar-refractivity contribution is -0.150. The average molecular weight is 459 g/mol. The predicted molar refractivity (Wildman–Crippen MR) is 105 cm³/mol. The van der Waals surface area contributed by atoms with Crippen molar-refractivity contribution in [3.63, 3.8) is 0 Å². The molecule has 4 rings (SSSR count). The molecule has 2 aliphatic heterocycles. The van der Waals surface area contributed by atoms with Gasteiger partial charge in [-0.05, 0) is 33.1 Å². The molecule has 5 atom stereocenters. The Labute approximate surface area is 177 Å². The fraction of sp³-hybridized carbons (Fsp3) is 0.722. The fourth-order valence-corrected chi connectivity index (χ4v) is 5.44. The van der Waals surface area contributed by atoms with Crippen LogP contribution < -0.4 is 17.0 Å². The van der Waals surface area contributed by atoms with Crippen LogP contribution in [0.1, 0.15) is 39.3 Å². The molecule has 3 heterocycles. The van der Waals surface area contributed by atoms with Crippen LogP contribution in [0.25, 0.3) is 0 Å². The molecule has 31 heavy (non-hydrogen) atoms. The maximum absolute atomic E-state index is 13.0. The zero-order chi connectivity index (χ0) is 22.4. The first-order valence-electron chi connectivity index (χ1n) is 10.1. The molecular formula is C18H26N3O9P. The third kappa shape index (κ3) is 4.15. The van der Waals surface area contributed by atoms with Gasteiger partial charge in [0.1, 0.15) is 12.2 Å². The molecule has 2 saturated heterocycles. The number of esters is 1. The van der Waals surface area contributed by atoms with E-state index in [0.29, 0.717) is 25.9 Å². The van der Waals surface area contributed by atoms with E-state index in [0.717, 1.165) is 4.57 Å². The first-order chi connectivity index (χ1) is 14.6. The Balaban J connectivity index is 1.43. The van der Waals surface area contributed by atoms with Gasteiger partial charge in [0, 0.05) is 12.3 Å². The van der Waals surface area contributed by atoms with Crippen molar-refractivity contribution in [3.05, 3.63) is 33.1 Å². The van der Waals surface area contributed by atoms with Gasteiger partial charge < -0.3 is 15.2 Å². The van der Waals surface area contributed by atoms with Crippen molar-refractivity contribution >= 4 is 13.8 Å². The number of ether oxygens (including phenoxy) is 2. The molecule has 1 aromatic rings. The number of hydrogen-bond acceptors (Lipinski definition) is 10. The number of rotatable bonds is 7. The minimum Gasteiger partial charge on any atom is -0.466 e. The van der Waals surface area contributed by atoms with Crippen molar-refractivity contribution in [1.29, 1.82) is 0 Å². The monoisotopic (exact) mass is 459 g/mol. The molecule has 0 aromatic carbocycles. The van der Waals surface area contributed by atoms with Crippen molar-refractivity contribution in [2.75, 3.05) is 19.8 Å². The van der Waals surface area contributed by atoms with Gasteiger partial charge in [0.2, 0.25) is 0 Å². The number of H-pyrrole nitrogens is 1. The molecule has 1 saturated carbocycles. The number of phosphoric acid groups is 1. The molecule has 0 bridgehead atoms. The minimum atomic E-state index is -3.96. The number of nitrogens with two attached hydrogens (primary N) is 1. The van der Waals surface area contributed by atoms with Crippen LogP contribution in [-0.2, 0) is 32.4 Å². The second kappa shape index (κ2) is 7.95. The first kappa shape index (κ1) is 22.4. The zero-order valence-corrected chi connectivity index (χ0v) is 18.2. The van der Waals surface area contributed by atoms with Gasteiger partial charge in [0.25, 0.3) is 5.56 Å². The summed E-state index contributed by atoms with van der Waals surface area (Å²) in [5.41, 5.74) is 3.30. The van der Waals surface area contributed by atoms with Crippen LogP contribution in [0.3, 0.4) is 0 Å². The number of hydrogen-bond donors (Lipinski definition) is 2. The summed E-state index contributed by atoms with van der Waals surface area (Å²) in [5, 5.41) is 0. The Bertz CT molecular complexity index is 1020. The Morgan fingerprint density at radius 1 is 1.42 bits per heavy atom. The predicted octanol–water partition coefficient (Wildman–Crippen LogP) is 0.425. The molecule has 3 aliphatic rings. The Hall–Kier alpha value is -1.82. The number of fused-ring (bicyclic) bond motifs is 1. The molecule has 0 radical (unpaired) electrons. The summed E-state index contributed by atoms with van der Waals surface area (Å²) >= 11 is 0. The van der Waals surface area contributed by atoms with Crippen LogP contribution in [0, 0.1) is 5.41 Å². The lowest BCUT2D eigenvalue weighted by Crippen LogP contribution is -2.55. The highest BCUT2D eigenvalue weighted by atomic mass is 31.2. The molecule has 0 amide bonds. The van der Waals surface area contributed by atoms with E-state index in [1.807, 2.05) is 0 Å². The van der Waals surface area contributed by atoms with Crippen LogP contribution in [0.15, 0.2) is 21.9 Å². The third-order valence-corrected chi connectivity index (χ3v) is 7.37. The van der Waals surface area contributed by atoms with Gasteiger partial charge in [-0.3, -0.25) is 32.7 Å². The van der Waals surface area contributed by atoms with E-state index in [-0.39, 0.29) is 19.2 Å². The normalized spacial score (nSPS) is 36.0. The molecule has 1 aromatic heterocycles. The summed E-state index contributed by atoms with van der Waals surface area (Å²) in [6, 6.07) is 1.17. The molecule has 1 aliphatic carbocycles. The molecule has 172 valence electrons. The summed E-state index contributed by atoms with van der Waals surface area (Å²) in [4.78, 5) is 37.7. The summed E-state index contributed by atoms with van der Waals surface area (Å²) in [7, 11) is -3.96. The highest BCUT2D eigenvalue weighted by molar-refractivity contribution is 7.48. The van der Waals surface area contributed by atoms with Gasteiger partial charge in [0.05, 0.1) is 30.8 Å². The largest absolute Gasteiger partial charge is 0.475 e. The smallest absolute Gasteiger partial charge is 0.466 e. The fourth-order valence-electron chi connectivity index (χ4n) is 3.96. The molecule has 3 N–H and O–H groups in total. The van der Waals surface area contributed by atoms with Crippen LogP contribution >= 0.6 is 7.82 Å². The number of nitrogens with one attached hydrogen (secondary N) is 1. The van der Waals surface area contributed by atoms with E-state index >= 15 is 0 Å². The topological polar surface area (TPSA) is 161 Å². The van der Waals surface area contributed by atoms with Gasteiger partial charge in [-0.2, -0.15) is 0 Å². The molecule has 0 unspecified atom stereocenters. The SMILES string of the molecule is CCOC(=O)C1(CCO[P@]2(=O)OC[C@H]3O[C@@H](n4ccc(=O)[nH]c4=O)[C@](C)(N)[C@@H]3O2)CC1. The molecule has 13 heteroatoms. The van der Waals surface area contributed by atoms with Gasteiger partial charge in [0.15, 0.2) is 6.23 Å². The lowest BCUT2D eigenvalue weighted by Gasteiger charge is -2.35. The van der Waals surface area contributed by atoms with E-state index in [1.165, 1.54) is 12.3 Å². The Morgan fingerprint density at radius 2 is 2.16 bits per heavy atom. The van der Waals surface area contributed by atoms with E-state index < -0.39 is 48.5 Å². The molecule has 0 spiro atoms. The number of carbonyl (C=O) groups excluding carboxylic acids is 1. The van der Waals surface area contributed by atoms with Crippen LogP contribution in [0.4, 0.5) is 0 Å². The second-order valence-corrected chi connectivity index (χ2v) is 9.88. The quantitative estimate of drug-likeness (QED) is 0.432. The van der Waals surface area contributed by atoms with E-state index in [1.54, 1.807) is 13.8 Å². The second-order valence-electron chi connectivity index (χ2n) is 8.26. The van der Waals surface area contributed by atoms with E-state index in [4.69, 9.17) is 28.8 Å². The number of carbonyl (C=O) groups is 1.